The summed E-state index contributed by atoms with van der Waals surface area (Å²) in [6.45, 7) is 28.7. The summed E-state index contributed by atoms with van der Waals surface area (Å²) >= 11 is 0. The number of ether oxygens (including phenoxy) is 1. The van der Waals surface area contributed by atoms with Crippen LogP contribution >= 0.6 is 0 Å². The van der Waals surface area contributed by atoms with Crippen molar-refractivity contribution < 1.29 is 19.1 Å². The van der Waals surface area contributed by atoms with Crippen LogP contribution in [0, 0.1) is 0 Å². The fourth-order valence-electron chi connectivity index (χ4n) is 4.80. The fourth-order valence-corrected chi connectivity index (χ4v) is 4.80. The van der Waals surface area contributed by atoms with Gasteiger partial charge in [-0.15, -0.1) is 0 Å². The number of hydrogen-bond acceptors (Lipinski definition) is 8. The molecule has 3 aliphatic heterocycles. The maximum absolute atomic E-state index is 12.4. The Morgan fingerprint density at radius 2 is 1.23 bits per heavy atom. The Balaban J connectivity index is 0. The molecule has 262 valence electrons. The zero-order chi connectivity index (χ0) is 33.9. The standard InChI is InChI=1S/C18H33N5O3.C6H13NO.C5H13N.2C2H6/c1-19-14-17(24)22-4-2-16(3-5-22)21-8-6-20(7-9-21)15-18(25)23-10-12-26-13-11-23;1-4-6(8)7(3)5-2;1-4-6(3)5-2;2*1-2/h16,19H,2-15H2,1H3;4-5H2,1-3H3;4-5H2,1-3H3;2*1-2H3. The van der Waals surface area contributed by atoms with Crippen LogP contribution < -0.4 is 5.32 Å². The maximum Gasteiger partial charge on any atom is 0.236 e. The molecular formula is C33H71N7O4. The summed E-state index contributed by atoms with van der Waals surface area (Å²) < 4.78 is 5.31. The Labute approximate surface area is 271 Å². The summed E-state index contributed by atoms with van der Waals surface area (Å²) in [4.78, 5) is 47.7. The molecule has 3 rings (SSSR count). The van der Waals surface area contributed by atoms with Gasteiger partial charge in [-0.2, -0.15) is 0 Å². The van der Waals surface area contributed by atoms with Crippen molar-refractivity contribution in [3.05, 3.63) is 0 Å². The second-order valence-corrected chi connectivity index (χ2v) is 10.7. The topological polar surface area (TPSA) is 91.9 Å². The van der Waals surface area contributed by atoms with E-state index in [-0.39, 0.29) is 17.7 Å². The molecule has 0 aromatic heterocycles. The number of hydrogen-bond donors (Lipinski definition) is 1. The summed E-state index contributed by atoms with van der Waals surface area (Å²) in [5.41, 5.74) is 0. The van der Waals surface area contributed by atoms with Gasteiger partial charge in [0, 0.05) is 78.4 Å². The quantitative estimate of drug-likeness (QED) is 0.416. The third-order valence-electron chi connectivity index (χ3n) is 8.07. The van der Waals surface area contributed by atoms with Gasteiger partial charge < -0.3 is 29.7 Å². The Morgan fingerprint density at radius 3 is 1.61 bits per heavy atom. The van der Waals surface area contributed by atoms with Crippen LogP contribution in [0.4, 0.5) is 0 Å². The monoisotopic (exact) mass is 630 g/mol. The average molecular weight is 630 g/mol. The second-order valence-electron chi connectivity index (χ2n) is 10.7. The lowest BCUT2D eigenvalue weighted by molar-refractivity contribution is -0.137. The molecule has 0 unspecified atom stereocenters. The van der Waals surface area contributed by atoms with E-state index in [4.69, 9.17) is 4.74 Å². The Hall–Kier alpha value is -1.79. The molecule has 3 saturated heterocycles. The number of nitrogens with one attached hydrogen (secondary N) is 1. The smallest absolute Gasteiger partial charge is 0.236 e. The lowest BCUT2D eigenvalue weighted by Gasteiger charge is -2.43. The number of rotatable bonds is 9. The zero-order valence-electron chi connectivity index (χ0n) is 30.6. The third kappa shape index (κ3) is 18.9. The van der Waals surface area contributed by atoms with Crippen LogP contribution in [0.1, 0.15) is 74.7 Å². The molecule has 11 nitrogen and oxygen atoms in total. The first-order chi connectivity index (χ1) is 21.2. The van der Waals surface area contributed by atoms with Gasteiger partial charge in [-0.25, -0.2) is 0 Å². The number of piperazine rings is 1. The molecule has 11 heteroatoms. The minimum atomic E-state index is 0.206. The molecule has 0 saturated carbocycles. The van der Waals surface area contributed by atoms with Crippen LogP contribution in [0.3, 0.4) is 0 Å². The zero-order valence-corrected chi connectivity index (χ0v) is 30.6. The molecule has 0 aliphatic carbocycles. The highest BCUT2D eigenvalue weighted by Crippen LogP contribution is 2.18. The van der Waals surface area contributed by atoms with Gasteiger partial charge in [-0.3, -0.25) is 24.2 Å². The SMILES string of the molecule is CC.CC.CCC(=O)N(C)CC.CCN(C)CC.CNCC(=O)N1CCC(N2CCN(CC(=O)N3CCOCC3)CC2)CC1. The number of nitrogens with zero attached hydrogens (tertiary/aromatic N) is 6. The third-order valence-corrected chi connectivity index (χ3v) is 8.07. The maximum atomic E-state index is 12.4. The number of carbonyl (C=O) groups is 3. The van der Waals surface area contributed by atoms with E-state index in [9.17, 15) is 14.4 Å². The van der Waals surface area contributed by atoms with Crippen molar-refractivity contribution in [1.82, 2.24) is 34.7 Å². The van der Waals surface area contributed by atoms with E-state index < -0.39 is 0 Å². The molecular weight excluding hydrogens is 558 g/mol. The average Bonchev–Trinajstić information content (AvgIpc) is 3.10. The minimum absolute atomic E-state index is 0.206. The van der Waals surface area contributed by atoms with E-state index in [0.29, 0.717) is 38.8 Å². The number of likely N-dealkylation sites (N-methyl/N-ethyl adjacent to an activating group) is 1. The largest absolute Gasteiger partial charge is 0.378 e. The van der Waals surface area contributed by atoms with Crippen molar-refractivity contribution in [1.29, 1.82) is 0 Å². The van der Waals surface area contributed by atoms with Crippen LogP contribution in [-0.2, 0) is 19.1 Å². The summed E-state index contributed by atoms with van der Waals surface area (Å²) in [5, 5.41) is 2.94. The molecule has 3 aliphatic rings. The highest BCUT2D eigenvalue weighted by Gasteiger charge is 2.30. The Kier molecular flexibility index (Phi) is 28.9. The molecule has 0 spiro atoms. The first kappa shape index (κ1) is 44.3. The first-order valence-electron chi connectivity index (χ1n) is 17.4. The molecule has 3 amide bonds. The summed E-state index contributed by atoms with van der Waals surface area (Å²) in [6, 6.07) is 0.575. The summed E-state index contributed by atoms with van der Waals surface area (Å²) in [6.07, 6.45) is 2.73. The van der Waals surface area contributed by atoms with Crippen LogP contribution in [0.25, 0.3) is 0 Å². The van der Waals surface area contributed by atoms with Crippen LogP contribution in [-0.4, -0.2) is 173 Å². The van der Waals surface area contributed by atoms with Gasteiger partial charge in [0.1, 0.15) is 0 Å². The van der Waals surface area contributed by atoms with Gasteiger partial charge in [0.15, 0.2) is 0 Å². The van der Waals surface area contributed by atoms with Gasteiger partial charge in [-0.05, 0) is 47.0 Å². The van der Waals surface area contributed by atoms with Crippen molar-refractivity contribution in [2.75, 3.05) is 119 Å². The molecule has 3 fully saturated rings. The molecule has 0 radical (unpaired) electrons. The molecule has 0 aromatic rings. The van der Waals surface area contributed by atoms with Crippen molar-refractivity contribution in [3.63, 3.8) is 0 Å². The summed E-state index contributed by atoms with van der Waals surface area (Å²) in [5.74, 6) is 0.656. The molecule has 0 bridgehead atoms. The van der Waals surface area contributed by atoms with E-state index in [1.807, 2.05) is 65.4 Å². The molecule has 44 heavy (non-hydrogen) atoms. The predicted molar refractivity (Wildman–Crippen MR) is 184 cm³/mol. The molecule has 0 atom stereocenters. The van der Waals surface area contributed by atoms with E-state index >= 15 is 0 Å². The van der Waals surface area contributed by atoms with E-state index in [0.717, 1.165) is 84.8 Å². The van der Waals surface area contributed by atoms with Crippen molar-refractivity contribution >= 4 is 17.7 Å². The van der Waals surface area contributed by atoms with Crippen LogP contribution in [0.5, 0.6) is 0 Å². The minimum Gasteiger partial charge on any atom is -0.378 e. The van der Waals surface area contributed by atoms with Gasteiger partial charge in [0.05, 0.1) is 26.3 Å². The van der Waals surface area contributed by atoms with Crippen LogP contribution in [0.2, 0.25) is 0 Å². The molecule has 0 aromatic carbocycles. The highest BCUT2D eigenvalue weighted by atomic mass is 16.5. The number of carbonyl (C=O) groups excluding carboxylic acids is 3. The highest BCUT2D eigenvalue weighted by molar-refractivity contribution is 5.78. The summed E-state index contributed by atoms with van der Waals surface area (Å²) in [7, 11) is 5.74. The fraction of sp³-hybridized carbons (Fsp3) is 0.909. The number of amides is 3. The van der Waals surface area contributed by atoms with Crippen LogP contribution in [0.15, 0.2) is 0 Å². The van der Waals surface area contributed by atoms with Gasteiger partial charge in [0.25, 0.3) is 0 Å². The molecule has 3 heterocycles. The first-order valence-corrected chi connectivity index (χ1v) is 17.4. The second kappa shape index (κ2) is 28.7. The van der Waals surface area contributed by atoms with E-state index in [1.54, 1.807) is 4.90 Å². The Bertz CT molecular complexity index is 702. The molecule has 1 N–H and O–H groups in total. The number of morpholine rings is 1. The van der Waals surface area contributed by atoms with Gasteiger partial charge >= 0.3 is 0 Å². The number of piperidine rings is 1. The van der Waals surface area contributed by atoms with E-state index in [1.165, 1.54) is 0 Å². The van der Waals surface area contributed by atoms with Gasteiger partial charge in [0.2, 0.25) is 17.7 Å². The normalized spacial score (nSPS) is 17.5. The predicted octanol–water partition coefficient (Wildman–Crippen LogP) is 2.56. The lowest BCUT2D eigenvalue weighted by atomic mass is 10.0. The van der Waals surface area contributed by atoms with Gasteiger partial charge in [-0.1, -0.05) is 48.5 Å². The van der Waals surface area contributed by atoms with Crippen molar-refractivity contribution in [3.8, 4) is 0 Å². The Morgan fingerprint density at radius 1 is 0.727 bits per heavy atom. The van der Waals surface area contributed by atoms with E-state index in [2.05, 4.69) is 40.9 Å². The number of likely N-dealkylation sites (tertiary alicyclic amines) is 1. The lowest BCUT2D eigenvalue weighted by Crippen LogP contribution is -2.55. The van der Waals surface area contributed by atoms with Crippen molar-refractivity contribution in [2.45, 2.75) is 80.7 Å². The van der Waals surface area contributed by atoms with Crippen molar-refractivity contribution in [2.24, 2.45) is 0 Å².